The molecule has 9 nitrogen and oxygen atoms in total. The number of fused-ring (bicyclic) bond motifs is 3. The summed E-state index contributed by atoms with van der Waals surface area (Å²) in [5.41, 5.74) is 3.84. The summed E-state index contributed by atoms with van der Waals surface area (Å²) in [6.07, 6.45) is 3.66. The number of rotatable bonds is 4. The Morgan fingerprint density at radius 3 is 2.31 bits per heavy atom. The highest BCUT2D eigenvalue weighted by molar-refractivity contribution is 5.85. The third kappa shape index (κ3) is 4.70. The van der Waals surface area contributed by atoms with E-state index in [1.54, 1.807) is 23.8 Å². The zero-order chi connectivity index (χ0) is 27.4. The predicted molar refractivity (Wildman–Crippen MR) is 148 cm³/mol. The van der Waals surface area contributed by atoms with Crippen molar-refractivity contribution in [2.45, 2.75) is 57.3 Å². The molecule has 0 bridgehead atoms. The Kier molecular flexibility index (Phi) is 5.65. The second-order valence-corrected chi connectivity index (χ2v) is 11.5. The largest absolute Gasteiger partial charge is 0.444 e. The van der Waals surface area contributed by atoms with Gasteiger partial charge in [0.2, 0.25) is 0 Å². The van der Waals surface area contributed by atoms with Gasteiger partial charge in [0, 0.05) is 30.0 Å². The van der Waals surface area contributed by atoms with E-state index >= 15 is 0 Å². The van der Waals surface area contributed by atoms with Gasteiger partial charge in [-0.25, -0.2) is 19.7 Å². The number of hydrogen-bond acceptors (Lipinski definition) is 7. The van der Waals surface area contributed by atoms with Crippen molar-refractivity contribution in [3.63, 3.8) is 0 Å². The lowest BCUT2D eigenvalue weighted by molar-refractivity contribution is -0.0892. The third-order valence-corrected chi connectivity index (χ3v) is 6.91. The lowest BCUT2D eigenvalue weighted by Crippen LogP contribution is -2.62. The maximum Gasteiger partial charge on any atom is 0.408 e. The second-order valence-electron chi connectivity index (χ2n) is 11.5. The first kappa shape index (κ1) is 24.9. The minimum Gasteiger partial charge on any atom is -0.444 e. The first-order valence-corrected chi connectivity index (χ1v) is 12.9. The molecule has 9 heteroatoms. The number of alkyl carbamates (subject to hydrolysis) is 1. The molecule has 1 saturated carbocycles. The molecular weight excluding hydrogens is 492 g/mol. The van der Waals surface area contributed by atoms with Crippen LogP contribution in [0.2, 0.25) is 0 Å². The number of aromatic nitrogens is 5. The average molecular weight is 523 g/mol. The summed E-state index contributed by atoms with van der Waals surface area (Å²) in [5, 5.41) is 18.0. The van der Waals surface area contributed by atoms with E-state index in [9.17, 15) is 9.90 Å². The van der Waals surface area contributed by atoms with Crippen LogP contribution in [0.4, 0.5) is 4.79 Å². The zero-order valence-corrected chi connectivity index (χ0v) is 22.3. The van der Waals surface area contributed by atoms with Crippen molar-refractivity contribution < 1.29 is 14.6 Å². The molecule has 1 amide bonds. The van der Waals surface area contributed by atoms with Gasteiger partial charge in [-0.05, 0) is 33.3 Å². The summed E-state index contributed by atoms with van der Waals surface area (Å²) in [5.74, 6) is 0. The van der Waals surface area contributed by atoms with Crippen molar-refractivity contribution >= 4 is 22.9 Å². The van der Waals surface area contributed by atoms with Crippen LogP contribution >= 0.6 is 0 Å². The van der Waals surface area contributed by atoms with Crippen molar-refractivity contribution in [1.82, 2.24) is 29.9 Å². The van der Waals surface area contributed by atoms with E-state index in [0.29, 0.717) is 35.3 Å². The highest BCUT2D eigenvalue weighted by Crippen LogP contribution is 2.48. The van der Waals surface area contributed by atoms with Crippen LogP contribution in [0, 0.1) is 0 Å². The van der Waals surface area contributed by atoms with Gasteiger partial charge in [-0.2, -0.15) is 9.61 Å². The average Bonchev–Trinajstić information content (AvgIpc) is 3.36. The first-order valence-electron chi connectivity index (χ1n) is 12.9. The van der Waals surface area contributed by atoms with Crippen molar-refractivity contribution in [3.05, 3.63) is 78.6 Å². The van der Waals surface area contributed by atoms with Crippen LogP contribution < -0.4 is 5.32 Å². The minimum atomic E-state index is -0.874. The molecule has 1 aliphatic rings. The number of benzene rings is 2. The Bertz CT molecular complexity index is 1680. The number of hydrogen-bond donors (Lipinski definition) is 2. The number of nitrogens with one attached hydrogen (secondary N) is 1. The number of ether oxygens (including phenoxy) is 1. The van der Waals surface area contributed by atoms with E-state index in [-0.39, 0.29) is 0 Å². The van der Waals surface area contributed by atoms with Gasteiger partial charge in [0.1, 0.15) is 11.1 Å². The highest BCUT2D eigenvalue weighted by Gasteiger charge is 2.53. The Morgan fingerprint density at radius 1 is 0.974 bits per heavy atom. The summed E-state index contributed by atoms with van der Waals surface area (Å²) < 4.78 is 7.21. The number of aliphatic hydroxyl groups is 1. The molecule has 2 aromatic carbocycles. The van der Waals surface area contributed by atoms with Gasteiger partial charge in [0.15, 0.2) is 11.3 Å². The molecule has 0 unspecified atom stereocenters. The minimum absolute atomic E-state index is 0.383. The van der Waals surface area contributed by atoms with Crippen LogP contribution in [0.5, 0.6) is 0 Å². The van der Waals surface area contributed by atoms with Crippen LogP contribution in [0.1, 0.15) is 46.1 Å². The number of carbonyl (C=O) groups is 1. The highest BCUT2D eigenvalue weighted by atomic mass is 16.6. The fourth-order valence-electron chi connectivity index (χ4n) is 5.42. The number of nitrogens with zero attached hydrogens (tertiary/aromatic N) is 5. The van der Waals surface area contributed by atoms with Gasteiger partial charge in [0.05, 0.1) is 34.9 Å². The number of carbonyl (C=O) groups excluding carboxylic acids is 1. The standard InChI is InChI=1S/C30H30N6O3/c1-28(2,3)39-27(37)35-30(17-29(4,38)18-30)21-12-10-20(11-13-21)25-24(19-8-6-5-7-9-19)33-22-16-31-23-14-15-32-36(23)26(22)34-25/h5-16,38H,17-18H2,1-4H3,(H,35,37). The van der Waals surface area contributed by atoms with Gasteiger partial charge < -0.3 is 15.2 Å². The summed E-state index contributed by atoms with van der Waals surface area (Å²) in [4.78, 5) is 27.1. The van der Waals surface area contributed by atoms with E-state index in [1.807, 2.05) is 81.4 Å². The van der Waals surface area contributed by atoms with Crippen molar-refractivity contribution in [1.29, 1.82) is 0 Å². The summed E-state index contributed by atoms with van der Waals surface area (Å²) in [6, 6.07) is 19.6. The van der Waals surface area contributed by atoms with Crippen LogP contribution in [0.25, 0.3) is 39.3 Å². The quantitative estimate of drug-likeness (QED) is 0.330. The Balaban J connectivity index is 1.43. The third-order valence-electron chi connectivity index (χ3n) is 6.91. The Labute approximate surface area is 225 Å². The molecular formula is C30H30N6O3. The van der Waals surface area contributed by atoms with Crippen molar-refractivity contribution in [3.8, 4) is 22.5 Å². The molecule has 0 atom stereocenters. The van der Waals surface area contributed by atoms with E-state index in [2.05, 4.69) is 15.4 Å². The fraction of sp³-hybridized carbons (Fsp3) is 0.300. The monoisotopic (exact) mass is 522 g/mol. The molecule has 0 radical (unpaired) electrons. The summed E-state index contributed by atoms with van der Waals surface area (Å²) in [7, 11) is 0. The molecule has 0 aliphatic heterocycles. The molecule has 5 aromatic rings. The van der Waals surface area contributed by atoms with Crippen LogP contribution in [0.15, 0.2) is 73.1 Å². The van der Waals surface area contributed by atoms with E-state index in [0.717, 1.165) is 22.4 Å². The summed E-state index contributed by atoms with van der Waals surface area (Å²) >= 11 is 0. The molecule has 1 aliphatic carbocycles. The lowest BCUT2D eigenvalue weighted by atomic mass is 9.62. The van der Waals surface area contributed by atoms with Gasteiger partial charge in [-0.3, -0.25) is 0 Å². The molecule has 3 aromatic heterocycles. The van der Waals surface area contributed by atoms with Crippen LogP contribution in [0.3, 0.4) is 0 Å². The van der Waals surface area contributed by atoms with E-state index in [1.165, 1.54) is 0 Å². The Hall–Kier alpha value is -4.37. The fourth-order valence-corrected chi connectivity index (χ4v) is 5.42. The molecule has 6 rings (SSSR count). The second kappa shape index (κ2) is 8.84. The normalized spacial score (nSPS) is 21.1. The lowest BCUT2D eigenvalue weighted by Gasteiger charge is -2.52. The van der Waals surface area contributed by atoms with E-state index in [4.69, 9.17) is 14.7 Å². The molecule has 0 spiro atoms. The molecule has 0 saturated heterocycles. The summed E-state index contributed by atoms with van der Waals surface area (Å²) in [6.45, 7) is 7.25. The van der Waals surface area contributed by atoms with E-state index < -0.39 is 22.8 Å². The molecule has 39 heavy (non-hydrogen) atoms. The number of amides is 1. The molecule has 1 fully saturated rings. The van der Waals surface area contributed by atoms with Gasteiger partial charge in [-0.1, -0.05) is 54.6 Å². The topological polar surface area (TPSA) is 115 Å². The molecule has 198 valence electrons. The molecule has 3 heterocycles. The SMILES string of the molecule is CC1(O)CC(NC(=O)OC(C)(C)C)(c2ccc(-c3nc4c(cnc5ccnn54)nc3-c3ccccc3)cc2)C1. The smallest absolute Gasteiger partial charge is 0.408 e. The van der Waals surface area contributed by atoms with Gasteiger partial charge in [-0.15, -0.1) is 0 Å². The van der Waals surface area contributed by atoms with Gasteiger partial charge >= 0.3 is 6.09 Å². The first-order chi connectivity index (χ1) is 18.5. The maximum absolute atomic E-state index is 12.7. The Morgan fingerprint density at radius 2 is 1.64 bits per heavy atom. The zero-order valence-electron chi connectivity index (χ0n) is 22.3. The van der Waals surface area contributed by atoms with Crippen molar-refractivity contribution in [2.24, 2.45) is 0 Å². The van der Waals surface area contributed by atoms with Crippen molar-refractivity contribution in [2.75, 3.05) is 0 Å². The predicted octanol–water partition coefficient (Wildman–Crippen LogP) is 5.27. The molecule has 2 N–H and O–H groups in total. The van der Waals surface area contributed by atoms with Crippen LogP contribution in [-0.2, 0) is 10.3 Å². The maximum atomic E-state index is 12.7. The van der Waals surface area contributed by atoms with Crippen LogP contribution in [-0.4, -0.2) is 47.0 Å². The van der Waals surface area contributed by atoms with Gasteiger partial charge in [0.25, 0.3) is 0 Å².